The molecule has 64 valence electrons. The Kier molecular flexibility index (Phi) is 3.34. The molecular weight excluding hydrogens is 140 g/mol. The summed E-state index contributed by atoms with van der Waals surface area (Å²) in [6.45, 7) is 9.04. The van der Waals surface area contributed by atoms with Gasteiger partial charge in [0.25, 0.3) is 0 Å². The fraction of sp³-hybridized carbons (Fsp3) is 0.889. The molecule has 0 aromatic rings. The van der Waals surface area contributed by atoms with Crippen molar-refractivity contribution in [3.63, 3.8) is 0 Å². The number of rotatable bonds is 4. The second-order valence-corrected chi connectivity index (χ2v) is 2.90. The van der Waals surface area contributed by atoms with Crippen molar-refractivity contribution in [3.8, 4) is 0 Å². The highest BCUT2D eigenvalue weighted by Gasteiger charge is 2.34. The Balaban J connectivity index is 2.40. The van der Waals surface area contributed by atoms with E-state index in [0.29, 0.717) is 6.42 Å². The summed E-state index contributed by atoms with van der Waals surface area (Å²) < 4.78 is 11.0. The van der Waals surface area contributed by atoms with Gasteiger partial charge in [-0.1, -0.05) is 13.3 Å². The molecule has 1 fully saturated rings. The standard InChI is InChI=1S/C9H16O2/c1-3-5-9(6-4-2)10-7-8-11-9/h1H,3-8H2,2H3. The van der Waals surface area contributed by atoms with E-state index in [1.807, 2.05) is 0 Å². The van der Waals surface area contributed by atoms with Gasteiger partial charge >= 0.3 is 0 Å². The SMILES string of the molecule is [CH]CCC1(CCC)OCCO1. The molecule has 11 heavy (non-hydrogen) atoms. The average Bonchev–Trinajstić information content (AvgIpc) is 2.39. The minimum Gasteiger partial charge on any atom is -0.348 e. The molecular formula is C9H16O2. The third-order valence-electron chi connectivity index (χ3n) is 1.97. The van der Waals surface area contributed by atoms with Gasteiger partial charge in [-0.3, -0.25) is 0 Å². The second-order valence-electron chi connectivity index (χ2n) is 2.90. The van der Waals surface area contributed by atoms with Crippen molar-refractivity contribution in [2.45, 2.75) is 38.4 Å². The van der Waals surface area contributed by atoms with Crippen LogP contribution < -0.4 is 0 Å². The van der Waals surface area contributed by atoms with Gasteiger partial charge < -0.3 is 9.47 Å². The largest absolute Gasteiger partial charge is 0.348 e. The molecule has 1 saturated heterocycles. The van der Waals surface area contributed by atoms with Gasteiger partial charge in [0.2, 0.25) is 0 Å². The molecule has 1 heterocycles. The summed E-state index contributed by atoms with van der Waals surface area (Å²) in [5.41, 5.74) is 0. The van der Waals surface area contributed by atoms with Crippen LogP contribution in [0.5, 0.6) is 0 Å². The lowest BCUT2D eigenvalue weighted by atomic mass is 10.1. The predicted octanol–water partition coefficient (Wildman–Crippen LogP) is 2.02. The fourth-order valence-corrected chi connectivity index (χ4v) is 1.51. The molecule has 0 N–H and O–H groups in total. The molecule has 0 amide bonds. The van der Waals surface area contributed by atoms with Gasteiger partial charge in [-0.25, -0.2) is 0 Å². The molecule has 2 radical (unpaired) electrons. The molecule has 1 aliphatic heterocycles. The van der Waals surface area contributed by atoms with E-state index in [0.717, 1.165) is 32.5 Å². The Labute approximate surface area is 68.9 Å². The highest BCUT2D eigenvalue weighted by atomic mass is 16.7. The van der Waals surface area contributed by atoms with Crippen molar-refractivity contribution in [3.05, 3.63) is 6.92 Å². The Morgan fingerprint density at radius 1 is 1.27 bits per heavy atom. The molecule has 0 atom stereocenters. The monoisotopic (exact) mass is 156 g/mol. The summed E-state index contributed by atoms with van der Waals surface area (Å²) in [5, 5.41) is 0. The van der Waals surface area contributed by atoms with Gasteiger partial charge in [0.1, 0.15) is 0 Å². The first-order valence-electron chi connectivity index (χ1n) is 4.31. The van der Waals surface area contributed by atoms with E-state index >= 15 is 0 Å². The van der Waals surface area contributed by atoms with E-state index in [9.17, 15) is 0 Å². The van der Waals surface area contributed by atoms with Crippen LogP contribution >= 0.6 is 0 Å². The zero-order valence-electron chi connectivity index (χ0n) is 7.14. The second kappa shape index (κ2) is 4.07. The molecule has 0 unspecified atom stereocenters. The zero-order chi connectivity index (χ0) is 8.16. The van der Waals surface area contributed by atoms with Gasteiger partial charge in [0, 0.05) is 12.8 Å². The van der Waals surface area contributed by atoms with Crippen LogP contribution in [-0.2, 0) is 9.47 Å². The van der Waals surface area contributed by atoms with Crippen LogP contribution in [0.15, 0.2) is 0 Å². The van der Waals surface area contributed by atoms with Crippen LogP contribution in [0.2, 0.25) is 0 Å². The first-order chi connectivity index (χ1) is 5.33. The van der Waals surface area contributed by atoms with E-state index in [-0.39, 0.29) is 5.79 Å². The number of hydrogen-bond donors (Lipinski definition) is 0. The molecule has 0 spiro atoms. The van der Waals surface area contributed by atoms with E-state index in [1.54, 1.807) is 0 Å². The highest BCUT2D eigenvalue weighted by Crippen LogP contribution is 2.29. The molecule has 0 aliphatic carbocycles. The Hall–Kier alpha value is -0.0800. The summed E-state index contributed by atoms with van der Waals surface area (Å²) in [6, 6.07) is 0. The smallest absolute Gasteiger partial charge is 0.168 e. The van der Waals surface area contributed by atoms with E-state index in [2.05, 4.69) is 6.92 Å². The summed E-state index contributed by atoms with van der Waals surface area (Å²) in [6.07, 6.45) is 3.50. The molecule has 2 heteroatoms. The van der Waals surface area contributed by atoms with Crippen molar-refractivity contribution in [2.24, 2.45) is 0 Å². The van der Waals surface area contributed by atoms with Crippen LogP contribution in [-0.4, -0.2) is 19.0 Å². The molecule has 0 bridgehead atoms. The lowest BCUT2D eigenvalue weighted by molar-refractivity contribution is -0.166. The summed E-state index contributed by atoms with van der Waals surface area (Å²) >= 11 is 0. The number of ether oxygens (including phenoxy) is 2. The summed E-state index contributed by atoms with van der Waals surface area (Å²) in [4.78, 5) is 0. The zero-order valence-corrected chi connectivity index (χ0v) is 7.14. The normalized spacial score (nSPS) is 22.4. The highest BCUT2D eigenvalue weighted by molar-refractivity contribution is 4.73. The van der Waals surface area contributed by atoms with Crippen molar-refractivity contribution in [1.82, 2.24) is 0 Å². The van der Waals surface area contributed by atoms with Gasteiger partial charge in [0.15, 0.2) is 5.79 Å². The van der Waals surface area contributed by atoms with Crippen LogP contribution in [0.4, 0.5) is 0 Å². The van der Waals surface area contributed by atoms with E-state index in [4.69, 9.17) is 16.4 Å². The Morgan fingerprint density at radius 2 is 1.91 bits per heavy atom. The molecule has 1 aliphatic rings. The number of hydrogen-bond acceptors (Lipinski definition) is 2. The molecule has 2 nitrogen and oxygen atoms in total. The van der Waals surface area contributed by atoms with Crippen LogP contribution in [0, 0.1) is 6.92 Å². The van der Waals surface area contributed by atoms with Gasteiger partial charge in [-0.15, -0.1) is 0 Å². The van der Waals surface area contributed by atoms with E-state index in [1.165, 1.54) is 0 Å². The first kappa shape index (κ1) is 9.01. The van der Waals surface area contributed by atoms with Gasteiger partial charge in [-0.2, -0.15) is 0 Å². The van der Waals surface area contributed by atoms with Gasteiger partial charge in [-0.05, 0) is 13.3 Å². The van der Waals surface area contributed by atoms with Crippen molar-refractivity contribution in [1.29, 1.82) is 0 Å². The van der Waals surface area contributed by atoms with Crippen LogP contribution in [0.3, 0.4) is 0 Å². The van der Waals surface area contributed by atoms with Crippen molar-refractivity contribution in [2.75, 3.05) is 13.2 Å². The molecule has 1 rings (SSSR count). The minimum atomic E-state index is -0.330. The Bertz CT molecular complexity index is 98.1. The third-order valence-corrected chi connectivity index (χ3v) is 1.97. The fourth-order valence-electron chi connectivity index (χ4n) is 1.51. The lowest BCUT2D eigenvalue weighted by Crippen LogP contribution is -2.29. The third kappa shape index (κ3) is 2.17. The van der Waals surface area contributed by atoms with Crippen molar-refractivity contribution >= 4 is 0 Å². The van der Waals surface area contributed by atoms with E-state index < -0.39 is 0 Å². The Morgan fingerprint density at radius 3 is 2.36 bits per heavy atom. The molecule has 0 aromatic heterocycles. The minimum absolute atomic E-state index is 0.330. The molecule has 0 aromatic carbocycles. The topological polar surface area (TPSA) is 18.5 Å². The van der Waals surface area contributed by atoms with Crippen LogP contribution in [0.25, 0.3) is 0 Å². The molecule has 0 saturated carbocycles. The predicted molar refractivity (Wildman–Crippen MR) is 43.1 cm³/mol. The first-order valence-corrected chi connectivity index (χ1v) is 4.31. The van der Waals surface area contributed by atoms with Gasteiger partial charge in [0.05, 0.1) is 13.2 Å². The maximum Gasteiger partial charge on any atom is 0.168 e. The summed E-state index contributed by atoms with van der Waals surface area (Å²) in [5.74, 6) is -0.330. The average molecular weight is 156 g/mol. The maximum atomic E-state index is 5.52. The summed E-state index contributed by atoms with van der Waals surface area (Å²) in [7, 11) is 0. The lowest BCUT2D eigenvalue weighted by Gasteiger charge is -2.26. The van der Waals surface area contributed by atoms with Crippen molar-refractivity contribution < 1.29 is 9.47 Å². The van der Waals surface area contributed by atoms with Crippen LogP contribution in [0.1, 0.15) is 32.6 Å². The quantitative estimate of drug-likeness (QED) is 0.620. The maximum absolute atomic E-state index is 5.52.